The first-order valence-corrected chi connectivity index (χ1v) is 7.82. The minimum absolute atomic E-state index is 0.183. The van der Waals surface area contributed by atoms with Gasteiger partial charge in [-0.3, -0.25) is 4.79 Å². The molecule has 0 radical (unpaired) electrons. The van der Waals surface area contributed by atoms with Crippen molar-refractivity contribution in [2.75, 3.05) is 23.8 Å². The van der Waals surface area contributed by atoms with E-state index in [2.05, 4.69) is 29.5 Å². The number of benzene rings is 1. The van der Waals surface area contributed by atoms with Crippen LogP contribution >= 0.6 is 0 Å². The first-order valence-electron chi connectivity index (χ1n) is 7.82. The second-order valence-corrected chi connectivity index (χ2v) is 5.62. The smallest absolute Gasteiger partial charge is 0.257 e. The van der Waals surface area contributed by atoms with Crippen molar-refractivity contribution in [3.8, 4) is 5.75 Å². The van der Waals surface area contributed by atoms with Gasteiger partial charge in [-0.1, -0.05) is 13.8 Å². The average molecular weight is 313 g/mol. The van der Waals surface area contributed by atoms with Gasteiger partial charge in [0.25, 0.3) is 5.91 Å². The molecule has 23 heavy (non-hydrogen) atoms. The van der Waals surface area contributed by atoms with Crippen LogP contribution < -0.4 is 15.4 Å². The van der Waals surface area contributed by atoms with Gasteiger partial charge in [0.05, 0.1) is 12.2 Å². The van der Waals surface area contributed by atoms with Crippen LogP contribution in [-0.2, 0) is 0 Å². The topological polar surface area (TPSA) is 63.2 Å². The fraction of sp³-hybridized carbons (Fsp3) is 0.333. The highest BCUT2D eigenvalue weighted by atomic mass is 16.5. The van der Waals surface area contributed by atoms with E-state index in [0.29, 0.717) is 18.1 Å². The van der Waals surface area contributed by atoms with E-state index in [9.17, 15) is 4.79 Å². The summed E-state index contributed by atoms with van der Waals surface area (Å²) in [5.74, 6) is 1.92. The Bertz CT molecular complexity index is 622. The van der Waals surface area contributed by atoms with E-state index in [-0.39, 0.29) is 5.91 Å². The highest BCUT2D eigenvalue weighted by Crippen LogP contribution is 2.16. The summed E-state index contributed by atoms with van der Waals surface area (Å²) in [6.45, 7) is 7.67. The summed E-state index contributed by atoms with van der Waals surface area (Å²) in [6.07, 6.45) is 1.58. The van der Waals surface area contributed by atoms with Crippen molar-refractivity contribution >= 4 is 17.4 Å². The number of carbonyl (C=O) groups is 1. The molecule has 122 valence electrons. The fourth-order valence-electron chi connectivity index (χ4n) is 1.95. The van der Waals surface area contributed by atoms with E-state index < -0.39 is 0 Å². The molecule has 5 heteroatoms. The van der Waals surface area contributed by atoms with Gasteiger partial charge in [-0.2, -0.15) is 0 Å². The number of nitrogens with one attached hydrogen (secondary N) is 2. The van der Waals surface area contributed by atoms with E-state index in [1.54, 1.807) is 12.3 Å². The van der Waals surface area contributed by atoms with Crippen LogP contribution in [-0.4, -0.2) is 24.0 Å². The van der Waals surface area contributed by atoms with E-state index in [1.807, 2.05) is 37.3 Å². The van der Waals surface area contributed by atoms with Crippen molar-refractivity contribution in [1.82, 2.24) is 4.98 Å². The van der Waals surface area contributed by atoms with E-state index in [4.69, 9.17) is 4.74 Å². The van der Waals surface area contributed by atoms with Crippen molar-refractivity contribution in [2.45, 2.75) is 20.8 Å². The van der Waals surface area contributed by atoms with Crippen LogP contribution in [0.1, 0.15) is 31.1 Å². The Hall–Kier alpha value is -2.56. The Morgan fingerprint density at radius 1 is 1.17 bits per heavy atom. The van der Waals surface area contributed by atoms with Crippen LogP contribution in [0.5, 0.6) is 5.75 Å². The van der Waals surface area contributed by atoms with Gasteiger partial charge < -0.3 is 15.4 Å². The number of ether oxygens (including phenoxy) is 1. The lowest BCUT2D eigenvalue weighted by atomic mass is 10.2. The Morgan fingerprint density at radius 3 is 2.48 bits per heavy atom. The van der Waals surface area contributed by atoms with Gasteiger partial charge >= 0.3 is 0 Å². The van der Waals surface area contributed by atoms with Gasteiger partial charge in [-0.15, -0.1) is 0 Å². The number of anilines is 2. The molecular weight excluding hydrogens is 290 g/mol. The van der Waals surface area contributed by atoms with Gasteiger partial charge in [0.15, 0.2) is 0 Å². The van der Waals surface area contributed by atoms with Crippen LogP contribution in [0.2, 0.25) is 0 Å². The van der Waals surface area contributed by atoms with Gasteiger partial charge in [0.2, 0.25) is 0 Å². The molecule has 1 heterocycles. The van der Waals surface area contributed by atoms with Crippen LogP contribution in [0.25, 0.3) is 0 Å². The van der Waals surface area contributed by atoms with Crippen molar-refractivity contribution in [2.24, 2.45) is 5.92 Å². The molecule has 2 aromatic rings. The molecule has 2 rings (SSSR count). The van der Waals surface area contributed by atoms with Crippen LogP contribution in [0.3, 0.4) is 0 Å². The summed E-state index contributed by atoms with van der Waals surface area (Å²) >= 11 is 0. The Balaban J connectivity index is 1.94. The number of hydrogen-bond donors (Lipinski definition) is 2. The molecule has 0 fully saturated rings. The lowest BCUT2D eigenvalue weighted by Crippen LogP contribution is -2.13. The lowest BCUT2D eigenvalue weighted by molar-refractivity contribution is 0.102. The molecule has 1 amide bonds. The van der Waals surface area contributed by atoms with Gasteiger partial charge in [0.1, 0.15) is 11.6 Å². The number of carbonyl (C=O) groups excluding carboxylic acids is 1. The summed E-state index contributed by atoms with van der Waals surface area (Å²) in [4.78, 5) is 16.5. The number of rotatable bonds is 7. The number of nitrogens with zero attached hydrogens (tertiary/aromatic N) is 1. The van der Waals surface area contributed by atoms with E-state index >= 15 is 0 Å². The second kappa shape index (κ2) is 8.17. The highest BCUT2D eigenvalue weighted by Gasteiger charge is 2.07. The normalized spacial score (nSPS) is 10.4. The molecule has 1 aromatic heterocycles. The maximum atomic E-state index is 12.2. The van der Waals surface area contributed by atoms with E-state index in [0.717, 1.165) is 23.8 Å². The molecule has 2 N–H and O–H groups in total. The van der Waals surface area contributed by atoms with Crippen molar-refractivity contribution in [1.29, 1.82) is 0 Å². The standard InChI is InChI=1S/C18H23N3O2/c1-4-23-16-8-6-15(7-9-16)21-18(22)14-5-10-17(20-12-14)19-11-13(2)3/h5-10,12-13H,4,11H2,1-3H3,(H,19,20)(H,21,22). The SMILES string of the molecule is CCOc1ccc(NC(=O)c2ccc(NCC(C)C)nc2)cc1. The minimum Gasteiger partial charge on any atom is -0.494 e. The molecule has 0 unspecified atom stereocenters. The van der Waals surface area contributed by atoms with Crippen LogP contribution in [0.15, 0.2) is 42.6 Å². The largest absolute Gasteiger partial charge is 0.494 e. The first-order chi connectivity index (χ1) is 11.1. The summed E-state index contributed by atoms with van der Waals surface area (Å²) in [7, 11) is 0. The average Bonchev–Trinajstić information content (AvgIpc) is 2.55. The molecule has 0 bridgehead atoms. The maximum Gasteiger partial charge on any atom is 0.257 e. The third-order valence-corrected chi connectivity index (χ3v) is 3.14. The third kappa shape index (κ3) is 5.29. The van der Waals surface area contributed by atoms with E-state index in [1.165, 1.54) is 0 Å². The Morgan fingerprint density at radius 2 is 1.91 bits per heavy atom. The zero-order valence-electron chi connectivity index (χ0n) is 13.8. The number of hydrogen-bond acceptors (Lipinski definition) is 4. The summed E-state index contributed by atoms with van der Waals surface area (Å²) in [5.41, 5.74) is 1.24. The monoisotopic (exact) mass is 313 g/mol. The van der Waals surface area contributed by atoms with Crippen LogP contribution in [0, 0.1) is 5.92 Å². The van der Waals surface area contributed by atoms with Crippen molar-refractivity contribution in [3.63, 3.8) is 0 Å². The number of amides is 1. The zero-order valence-corrected chi connectivity index (χ0v) is 13.8. The molecule has 0 aliphatic rings. The Kier molecular flexibility index (Phi) is 5.97. The molecule has 0 saturated carbocycles. The van der Waals surface area contributed by atoms with Crippen molar-refractivity contribution in [3.05, 3.63) is 48.2 Å². The van der Waals surface area contributed by atoms with Gasteiger partial charge in [-0.05, 0) is 49.2 Å². The summed E-state index contributed by atoms with van der Waals surface area (Å²) in [5, 5.41) is 6.06. The maximum absolute atomic E-state index is 12.2. The zero-order chi connectivity index (χ0) is 16.7. The molecule has 0 spiro atoms. The summed E-state index contributed by atoms with van der Waals surface area (Å²) in [6, 6.07) is 10.9. The molecular formula is C18H23N3O2. The van der Waals surface area contributed by atoms with Gasteiger partial charge in [0, 0.05) is 18.4 Å². The minimum atomic E-state index is -0.183. The Labute approximate surface area is 137 Å². The van der Waals surface area contributed by atoms with Crippen LogP contribution in [0.4, 0.5) is 11.5 Å². The molecule has 1 aromatic carbocycles. The second-order valence-electron chi connectivity index (χ2n) is 5.62. The molecule has 0 aliphatic carbocycles. The number of pyridine rings is 1. The highest BCUT2D eigenvalue weighted by molar-refractivity contribution is 6.04. The first kappa shape index (κ1) is 16.8. The fourth-order valence-corrected chi connectivity index (χ4v) is 1.95. The molecule has 0 saturated heterocycles. The molecule has 0 aliphatic heterocycles. The van der Waals surface area contributed by atoms with Gasteiger partial charge in [-0.25, -0.2) is 4.98 Å². The van der Waals surface area contributed by atoms with Crippen molar-refractivity contribution < 1.29 is 9.53 Å². The quantitative estimate of drug-likeness (QED) is 0.816. The third-order valence-electron chi connectivity index (χ3n) is 3.14. The number of aromatic nitrogens is 1. The molecule has 5 nitrogen and oxygen atoms in total. The lowest BCUT2D eigenvalue weighted by Gasteiger charge is -2.09. The predicted molar refractivity (Wildman–Crippen MR) is 93.1 cm³/mol. The molecule has 0 atom stereocenters. The predicted octanol–water partition coefficient (Wildman–Crippen LogP) is 3.80. The summed E-state index contributed by atoms with van der Waals surface area (Å²) < 4.78 is 5.37.